The minimum Gasteiger partial charge on any atom is -0.366 e. The van der Waals surface area contributed by atoms with Crippen LogP contribution in [0.5, 0.6) is 0 Å². The summed E-state index contributed by atoms with van der Waals surface area (Å²) in [7, 11) is 0. The molecule has 0 atom stereocenters. The average molecular weight is 409 g/mol. The minimum absolute atomic E-state index is 0.163. The maximum absolute atomic E-state index is 12.4. The number of hydrogen-bond acceptors (Lipinski definition) is 5. The highest BCUT2D eigenvalue weighted by molar-refractivity contribution is 7.99. The van der Waals surface area contributed by atoms with E-state index in [0.717, 1.165) is 21.5 Å². The summed E-state index contributed by atoms with van der Waals surface area (Å²) in [5.41, 5.74) is 8.54. The van der Waals surface area contributed by atoms with Crippen LogP contribution in [-0.4, -0.2) is 27.5 Å². The van der Waals surface area contributed by atoms with Crippen LogP contribution >= 0.6 is 23.1 Å². The molecule has 0 aliphatic heterocycles. The fourth-order valence-electron chi connectivity index (χ4n) is 2.71. The molecule has 0 aliphatic carbocycles. The topological polar surface area (TPSA) is 101 Å². The molecule has 4 N–H and O–H groups in total. The Hall–Kier alpha value is -3.10. The van der Waals surface area contributed by atoms with Crippen molar-refractivity contribution in [3.05, 3.63) is 66.2 Å². The number of rotatable bonds is 6. The van der Waals surface area contributed by atoms with Gasteiger partial charge in [-0.3, -0.25) is 9.59 Å². The van der Waals surface area contributed by atoms with E-state index in [-0.39, 0.29) is 11.7 Å². The Morgan fingerprint density at radius 1 is 1.11 bits per heavy atom. The molecule has 140 valence electrons. The van der Waals surface area contributed by atoms with E-state index in [1.165, 1.54) is 23.1 Å². The molecule has 2 amide bonds. The first-order valence-corrected chi connectivity index (χ1v) is 10.3. The van der Waals surface area contributed by atoms with Crippen LogP contribution in [0, 0.1) is 0 Å². The molecule has 0 saturated carbocycles. The Balaban J connectivity index is 1.47. The molecule has 2 aromatic carbocycles. The number of benzene rings is 2. The van der Waals surface area contributed by atoms with Crippen molar-refractivity contribution in [3.8, 4) is 10.4 Å². The molecule has 0 radical (unpaired) electrons. The molecule has 4 rings (SSSR count). The van der Waals surface area contributed by atoms with Crippen LogP contribution in [0.2, 0.25) is 0 Å². The number of thioether (sulfide) groups is 1. The summed E-state index contributed by atoms with van der Waals surface area (Å²) in [5.74, 6) is -0.635. The minimum atomic E-state index is -0.571. The zero-order valence-corrected chi connectivity index (χ0v) is 16.3. The molecule has 0 aliphatic rings. The van der Waals surface area contributed by atoms with E-state index < -0.39 is 5.91 Å². The molecule has 0 saturated heterocycles. The Labute approximate surface area is 169 Å². The zero-order valence-electron chi connectivity index (χ0n) is 14.6. The highest BCUT2D eigenvalue weighted by atomic mass is 32.2. The Bertz CT molecular complexity index is 1120. The number of nitrogens with zero attached hydrogens (tertiary/aromatic N) is 1. The van der Waals surface area contributed by atoms with Crippen LogP contribution in [0.4, 0.5) is 5.00 Å². The van der Waals surface area contributed by atoms with E-state index in [2.05, 4.69) is 15.3 Å². The van der Waals surface area contributed by atoms with Crippen molar-refractivity contribution in [3.63, 3.8) is 0 Å². The number of nitrogens with two attached hydrogens (primary N) is 1. The molecule has 2 aromatic heterocycles. The van der Waals surface area contributed by atoms with Gasteiger partial charge in [0.2, 0.25) is 5.91 Å². The van der Waals surface area contributed by atoms with Crippen LogP contribution in [-0.2, 0) is 4.79 Å². The Kier molecular flexibility index (Phi) is 5.14. The van der Waals surface area contributed by atoms with Gasteiger partial charge in [0.1, 0.15) is 5.00 Å². The lowest BCUT2D eigenvalue weighted by atomic mass is 10.1. The molecule has 0 fully saturated rings. The van der Waals surface area contributed by atoms with Crippen LogP contribution in [0.3, 0.4) is 0 Å². The number of imidazole rings is 1. The zero-order chi connectivity index (χ0) is 19.5. The van der Waals surface area contributed by atoms with Crippen LogP contribution in [0.25, 0.3) is 21.5 Å². The quantitative estimate of drug-likeness (QED) is 0.418. The number of carbonyl (C=O) groups is 2. The second kappa shape index (κ2) is 7.87. The van der Waals surface area contributed by atoms with Crippen molar-refractivity contribution < 1.29 is 9.59 Å². The summed E-state index contributed by atoms with van der Waals surface area (Å²) in [5, 5.41) is 3.93. The van der Waals surface area contributed by atoms with Gasteiger partial charge in [0, 0.05) is 4.88 Å². The van der Waals surface area contributed by atoms with Crippen molar-refractivity contribution in [1.82, 2.24) is 9.97 Å². The third kappa shape index (κ3) is 3.92. The highest BCUT2D eigenvalue weighted by Crippen LogP contribution is 2.35. The molecule has 6 nitrogen and oxygen atoms in total. The number of aromatic nitrogens is 2. The van der Waals surface area contributed by atoms with E-state index in [4.69, 9.17) is 5.73 Å². The third-order valence-corrected chi connectivity index (χ3v) is 5.99. The van der Waals surface area contributed by atoms with E-state index in [1.807, 2.05) is 54.6 Å². The number of nitrogens with one attached hydrogen (secondary N) is 2. The lowest BCUT2D eigenvalue weighted by Gasteiger charge is -2.03. The van der Waals surface area contributed by atoms with E-state index in [0.29, 0.717) is 15.7 Å². The summed E-state index contributed by atoms with van der Waals surface area (Å²) in [6.07, 6.45) is 0. The number of para-hydroxylation sites is 2. The van der Waals surface area contributed by atoms with Gasteiger partial charge in [-0.25, -0.2) is 4.98 Å². The normalized spacial score (nSPS) is 10.9. The van der Waals surface area contributed by atoms with Crippen molar-refractivity contribution in [2.75, 3.05) is 11.1 Å². The number of anilines is 1. The first kappa shape index (κ1) is 18.3. The van der Waals surface area contributed by atoms with Crippen molar-refractivity contribution in [2.45, 2.75) is 5.16 Å². The highest BCUT2D eigenvalue weighted by Gasteiger charge is 2.17. The van der Waals surface area contributed by atoms with Crippen molar-refractivity contribution >= 4 is 50.9 Å². The second-order valence-electron chi connectivity index (χ2n) is 5.98. The van der Waals surface area contributed by atoms with Crippen molar-refractivity contribution in [1.29, 1.82) is 0 Å². The summed E-state index contributed by atoms with van der Waals surface area (Å²) in [6, 6.07) is 19.0. The first-order valence-electron chi connectivity index (χ1n) is 8.46. The number of thiophene rings is 1. The summed E-state index contributed by atoms with van der Waals surface area (Å²) < 4.78 is 0. The van der Waals surface area contributed by atoms with Crippen LogP contribution in [0.1, 0.15) is 10.4 Å². The van der Waals surface area contributed by atoms with Gasteiger partial charge in [-0.1, -0.05) is 54.2 Å². The van der Waals surface area contributed by atoms with E-state index >= 15 is 0 Å². The van der Waals surface area contributed by atoms with Gasteiger partial charge in [0.25, 0.3) is 5.91 Å². The summed E-state index contributed by atoms with van der Waals surface area (Å²) >= 11 is 2.63. The van der Waals surface area contributed by atoms with Gasteiger partial charge >= 0.3 is 0 Å². The smallest absolute Gasteiger partial charge is 0.251 e. The number of amides is 2. The molecule has 0 unspecified atom stereocenters. The standard InChI is InChI=1S/C20H16N4O2S2/c21-18(26)13-10-16(12-6-2-1-3-7-12)28-19(13)24-17(25)11-27-20-22-14-8-4-5-9-15(14)23-20/h1-10H,11H2,(H2,21,26)(H,22,23)(H,24,25). The van der Waals surface area contributed by atoms with Gasteiger partial charge in [0.05, 0.1) is 22.3 Å². The fourth-order valence-corrected chi connectivity index (χ4v) is 4.48. The predicted molar refractivity (Wildman–Crippen MR) is 114 cm³/mol. The Morgan fingerprint density at radius 2 is 1.86 bits per heavy atom. The molecule has 28 heavy (non-hydrogen) atoms. The lowest BCUT2D eigenvalue weighted by molar-refractivity contribution is -0.113. The molecule has 2 heterocycles. The molecule has 0 spiro atoms. The van der Waals surface area contributed by atoms with E-state index in [9.17, 15) is 9.59 Å². The molecule has 4 aromatic rings. The van der Waals surface area contributed by atoms with Gasteiger partial charge in [-0.2, -0.15) is 0 Å². The third-order valence-electron chi connectivity index (χ3n) is 4.02. The summed E-state index contributed by atoms with van der Waals surface area (Å²) in [6.45, 7) is 0. The molecule has 8 heteroatoms. The Morgan fingerprint density at radius 3 is 2.61 bits per heavy atom. The maximum atomic E-state index is 12.4. The number of hydrogen-bond donors (Lipinski definition) is 3. The second-order valence-corrected chi connectivity index (χ2v) is 8.00. The maximum Gasteiger partial charge on any atom is 0.251 e. The largest absolute Gasteiger partial charge is 0.366 e. The van der Waals surface area contributed by atoms with Gasteiger partial charge in [0.15, 0.2) is 5.16 Å². The molecular formula is C20H16N4O2S2. The van der Waals surface area contributed by atoms with Gasteiger partial charge in [-0.05, 0) is 23.8 Å². The SMILES string of the molecule is NC(=O)c1cc(-c2ccccc2)sc1NC(=O)CSc1nc2ccccc2[nH]1. The predicted octanol–water partition coefficient (Wildman–Crippen LogP) is 4.12. The monoisotopic (exact) mass is 408 g/mol. The van der Waals surface area contributed by atoms with Gasteiger partial charge < -0.3 is 16.0 Å². The van der Waals surface area contributed by atoms with Crippen LogP contribution < -0.4 is 11.1 Å². The number of aromatic amines is 1. The number of H-pyrrole nitrogens is 1. The fraction of sp³-hybridized carbons (Fsp3) is 0.0500. The van der Waals surface area contributed by atoms with Crippen LogP contribution in [0.15, 0.2) is 65.8 Å². The molecule has 0 bridgehead atoms. The number of primary amides is 1. The molecular weight excluding hydrogens is 392 g/mol. The number of carbonyl (C=O) groups excluding carboxylic acids is 2. The van der Waals surface area contributed by atoms with Crippen molar-refractivity contribution in [2.24, 2.45) is 5.73 Å². The lowest BCUT2D eigenvalue weighted by Crippen LogP contribution is -2.17. The van der Waals surface area contributed by atoms with E-state index in [1.54, 1.807) is 6.07 Å². The summed E-state index contributed by atoms with van der Waals surface area (Å²) in [4.78, 5) is 32.7. The average Bonchev–Trinajstić information content (AvgIpc) is 3.31. The van der Waals surface area contributed by atoms with Gasteiger partial charge in [-0.15, -0.1) is 11.3 Å². The number of fused-ring (bicyclic) bond motifs is 1. The first-order chi connectivity index (χ1) is 13.6.